The molecule has 0 atom stereocenters. The van der Waals surface area contributed by atoms with Gasteiger partial charge in [0.2, 0.25) is 0 Å². The molecule has 0 bridgehead atoms. The zero-order valence-electron chi connectivity index (χ0n) is 8.45. The molecule has 15 heavy (non-hydrogen) atoms. The van der Waals surface area contributed by atoms with Crippen LogP contribution in [0.2, 0.25) is 0 Å². The van der Waals surface area contributed by atoms with E-state index in [2.05, 4.69) is 6.07 Å². The minimum Gasteiger partial charge on any atom is -0.467 e. The highest BCUT2D eigenvalue weighted by Gasteiger charge is 2.49. The first-order chi connectivity index (χ1) is 7.22. The fourth-order valence-corrected chi connectivity index (χ4v) is 1.94. The van der Waals surface area contributed by atoms with Crippen molar-refractivity contribution in [2.75, 3.05) is 7.11 Å². The van der Waals surface area contributed by atoms with Gasteiger partial charge in [-0.3, -0.25) is 4.79 Å². The number of ether oxygens (including phenoxy) is 1. The predicted molar refractivity (Wildman–Crippen MR) is 51.0 cm³/mol. The molecule has 1 aliphatic carbocycles. The SMILES string of the molecule is COCc1ccoc1C1(C#N)CC(=O)C1. The van der Waals surface area contributed by atoms with Crippen LogP contribution in [0.1, 0.15) is 24.2 Å². The molecule has 0 radical (unpaired) electrons. The molecule has 1 aromatic heterocycles. The van der Waals surface area contributed by atoms with Gasteiger partial charge in [0.05, 0.1) is 18.9 Å². The summed E-state index contributed by atoms with van der Waals surface area (Å²) in [5, 5.41) is 9.12. The van der Waals surface area contributed by atoms with E-state index in [1.54, 1.807) is 13.2 Å². The summed E-state index contributed by atoms with van der Waals surface area (Å²) < 4.78 is 10.3. The molecule has 0 aliphatic heterocycles. The zero-order valence-corrected chi connectivity index (χ0v) is 8.45. The average molecular weight is 205 g/mol. The molecule has 1 heterocycles. The number of carbonyl (C=O) groups excluding carboxylic acids is 1. The highest BCUT2D eigenvalue weighted by Crippen LogP contribution is 2.42. The van der Waals surface area contributed by atoms with Crippen molar-refractivity contribution in [3.05, 3.63) is 23.7 Å². The van der Waals surface area contributed by atoms with Crippen molar-refractivity contribution in [2.24, 2.45) is 0 Å². The maximum Gasteiger partial charge on any atom is 0.137 e. The lowest BCUT2D eigenvalue weighted by atomic mass is 9.66. The highest BCUT2D eigenvalue weighted by atomic mass is 16.5. The molecule has 0 amide bonds. The topological polar surface area (TPSA) is 63.2 Å². The molecular weight excluding hydrogens is 194 g/mol. The van der Waals surface area contributed by atoms with Crippen molar-refractivity contribution < 1.29 is 13.9 Å². The van der Waals surface area contributed by atoms with E-state index in [1.807, 2.05) is 0 Å². The normalized spacial score (nSPS) is 18.3. The van der Waals surface area contributed by atoms with Crippen molar-refractivity contribution in [1.82, 2.24) is 0 Å². The molecule has 2 rings (SSSR count). The Morgan fingerprint density at radius 1 is 1.67 bits per heavy atom. The van der Waals surface area contributed by atoms with E-state index in [-0.39, 0.29) is 18.6 Å². The van der Waals surface area contributed by atoms with Crippen molar-refractivity contribution in [1.29, 1.82) is 5.26 Å². The molecule has 78 valence electrons. The van der Waals surface area contributed by atoms with Gasteiger partial charge in [-0.05, 0) is 6.07 Å². The maximum atomic E-state index is 11.0. The maximum absolute atomic E-state index is 11.0. The fraction of sp³-hybridized carbons (Fsp3) is 0.455. The van der Waals surface area contributed by atoms with Gasteiger partial charge in [-0.1, -0.05) is 0 Å². The standard InChI is InChI=1S/C11H11NO3/c1-14-6-8-2-3-15-10(8)11(7-12)4-9(13)5-11/h2-3H,4-6H2,1H3. The molecule has 0 aromatic carbocycles. The summed E-state index contributed by atoms with van der Waals surface area (Å²) >= 11 is 0. The van der Waals surface area contributed by atoms with Crippen LogP contribution in [0.3, 0.4) is 0 Å². The number of methoxy groups -OCH3 is 1. The van der Waals surface area contributed by atoms with Gasteiger partial charge in [0.25, 0.3) is 0 Å². The molecule has 1 aliphatic rings. The Kier molecular flexibility index (Phi) is 2.33. The predicted octanol–water partition coefficient (Wildman–Crippen LogP) is 1.55. The van der Waals surface area contributed by atoms with Crippen LogP contribution in [-0.2, 0) is 21.6 Å². The lowest BCUT2D eigenvalue weighted by Gasteiger charge is -2.32. The Balaban J connectivity index is 2.32. The Bertz CT molecular complexity index is 419. The highest BCUT2D eigenvalue weighted by molar-refractivity contribution is 5.89. The molecule has 0 spiro atoms. The van der Waals surface area contributed by atoms with Gasteiger partial charge in [0, 0.05) is 25.5 Å². The van der Waals surface area contributed by atoms with E-state index in [4.69, 9.17) is 14.4 Å². The van der Waals surface area contributed by atoms with E-state index in [1.165, 1.54) is 6.26 Å². The van der Waals surface area contributed by atoms with E-state index in [0.717, 1.165) is 5.56 Å². The summed E-state index contributed by atoms with van der Waals surface area (Å²) in [7, 11) is 1.59. The van der Waals surface area contributed by atoms with E-state index < -0.39 is 5.41 Å². The van der Waals surface area contributed by atoms with Crippen molar-refractivity contribution in [3.8, 4) is 6.07 Å². The lowest BCUT2D eigenvalue weighted by Crippen LogP contribution is -2.40. The molecule has 0 unspecified atom stereocenters. The third-order valence-corrected chi connectivity index (χ3v) is 2.69. The molecule has 0 N–H and O–H groups in total. The zero-order chi connectivity index (χ0) is 10.9. The van der Waals surface area contributed by atoms with E-state index >= 15 is 0 Å². The largest absolute Gasteiger partial charge is 0.467 e. The molecule has 1 saturated carbocycles. The van der Waals surface area contributed by atoms with Crippen LogP contribution in [0, 0.1) is 11.3 Å². The van der Waals surface area contributed by atoms with Gasteiger partial charge in [-0.25, -0.2) is 0 Å². The van der Waals surface area contributed by atoms with Gasteiger partial charge in [-0.15, -0.1) is 0 Å². The molecule has 0 saturated heterocycles. The fourth-order valence-electron chi connectivity index (χ4n) is 1.94. The number of nitrogens with zero attached hydrogens (tertiary/aromatic N) is 1. The summed E-state index contributed by atoms with van der Waals surface area (Å²) in [6.07, 6.45) is 2.05. The summed E-state index contributed by atoms with van der Waals surface area (Å²) in [5.41, 5.74) is 0.112. The quantitative estimate of drug-likeness (QED) is 0.751. The van der Waals surface area contributed by atoms with Crippen LogP contribution >= 0.6 is 0 Å². The van der Waals surface area contributed by atoms with Crippen molar-refractivity contribution in [3.63, 3.8) is 0 Å². The van der Waals surface area contributed by atoms with Crippen LogP contribution in [0.4, 0.5) is 0 Å². The average Bonchev–Trinajstić information content (AvgIpc) is 2.62. The number of rotatable bonds is 3. The van der Waals surface area contributed by atoms with Gasteiger partial charge in [0.1, 0.15) is 17.0 Å². The van der Waals surface area contributed by atoms with Gasteiger partial charge < -0.3 is 9.15 Å². The minimum absolute atomic E-state index is 0.108. The number of carbonyl (C=O) groups is 1. The van der Waals surface area contributed by atoms with Crippen LogP contribution in [0.15, 0.2) is 16.7 Å². The molecule has 1 aromatic rings. The number of hydrogen-bond donors (Lipinski definition) is 0. The summed E-state index contributed by atoms with van der Waals surface area (Å²) in [5.74, 6) is 0.697. The van der Waals surface area contributed by atoms with Crippen LogP contribution in [0.25, 0.3) is 0 Å². The summed E-state index contributed by atoms with van der Waals surface area (Å²) in [6, 6.07) is 3.95. The Labute approximate surface area is 87.4 Å². The second-order valence-corrected chi connectivity index (χ2v) is 3.79. The van der Waals surface area contributed by atoms with E-state index in [0.29, 0.717) is 12.4 Å². The first kappa shape index (κ1) is 9.94. The molecule has 4 nitrogen and oxygen atoms in total. The third-order valence-electron chi connectivity index (χ3n) is 2.69. The second kappa shape index (κ2) is 3.52. The van der Waals surface area contributed by atoms with E-state index in [9.17, 15) is 4.79 Å². The van der Waals surface area contributed by atoms with Crippen molar-refractivity contribution >= 4 is 5.78 Å². The number of ketones is 1. The minimum atomic E-state index is -0.742. The first-order valence-corrected chi connectivity index (χ1v) is 4.70. The van der Waals surface area contributed by atoms with Crippen molar-refractivity contribution in [2.45, 2.75) is 24.9 Å². The first-order valence-electron chi connectivity index (χ1n) is 4.70. The smallest absolute Gasteiger partial charge is 0.137 e. The van der Waals surface area contributed by atoms with Crippen LogP contribution < -0.4 is 0 Å². The third kappa shape index (κ3) is 1.45. The molecular formula is C11H11NO3. The number of furan rings is 1. The van der Waals surface area contributed by atoms with Gasteiger partial charge >= 0.3 is 0 Å². The van der Waals surface area contributed by atoms with Crippen LogP contribution in [0.5, 0.6) is 0 Å². The second-order valence-electron chi connectivity index (χ2n) is 3.79. The molecule has 4 heteroatoms. The van der Waals surface area contributed by atoms with Gasteiger partial charge in [-0.2, -0.15) is 5.26 Å². The van der Waals surface area contributed by atoms with Crippen LogP contribution in [-0.4, -0.2) is 12.9 Å². The Morgan fingerprint density at radius 3 is 2.93 bits per heavy atom. The lowest BCUT2D eigenvalue weighted by molar-refractivity contribution is -0.127. The number of hydrogen-bond acceptors (Lipinski definition) is 4. The van der Waals surface area contributed by atoms with Gasteiger partial charge in [0.15, 0.2) is 0 Å². The monoisotopic (exact) mass is 205 g/mol. The summed E-state index contributed by atoms with van der Waals surface area (Å²) in [4.78, 5) is 11.0. The Morgan fingerprint density at radius 2 is 2.40 bits per heavy atom. The summed E-state index contributed by atoms with van der Waals surface area (Å²) in [6.45, 7) is 0.406. The number of nitriles is 1. The molecule has 1 fully saturated rings. The number of Topliss-reactive ketones (excluding diaryl/α,β-unsaturated/α-hetero) is 1. The Hall–Kier alpha value is -1.60.